The first-order chi connectivity index (χ1) is 13.5. The van der Waals surface area contributed by atoms with Crippen LogP contribution in [0, 0.1) is 11.3 Å². The number of hydrogen-bond donors (Lipinski definition) is 2. The van der Waals surface area contributed by atoms with E-state index in [9.17, 15) is 14.9 Å². The molecule has 8 nitrogen and oxygen atoms in total. The highest BCUT2D eigenvalue weighted by atomic mass is 16.7. The Morgan fingerprint density at radius 2 is 1.82 bits per heavy atom. The highest BCUT2D eigenvalue weighted by Crippen LogP contribution is 2.42. The summed E-state index contributed by atoms with van der Waals surface area (Å²) in [5, 5.41) is 14.7. The number of nitrogens with zero attached hydrogens (tertiary/aromatic N) is 1. The van der Waals surface area contributed by atoms with E-state index >= 15 is 0 Å². The number of nitriles is 1. The monoisotopic (exact) mass is 379 g/mol. The second kappa shape index (κ2) is 8.14. The van der Waals surface area contributed by atoms with Crippen molar-refractivity contribution in [1.82, 2.24) is 0 Å². The average molecular weight is 379 g/mol. The Labute approximate surface area is 161 Å². The molecule has 0 atom stereocenters. The van der Waals surface area contributed by atoms with Crippen molar-refractivity contribution in [3.63, 3.8) is 0 Å². The maximum Gasteiger partial charge on any atom is 0.266 e. The molecule has 1 aliphatic rings. The summed E-state index contributed by atoms with van der Waals surface area (Å²) in [5.74, 6) is 0.670. The predicted molar refractivity (Wildman–Crippen MR) is 102 cm³/mol. The number of amides is 2. The summed E-state index contributed by atoms with van der Waals surface area (Å²) in [7, 11) is 1.49. The quantitative estimate of drug-likeness (QED) is 0.611. The zero-order valence-electron chi connectivity index (χ0n) is 15.2. The number of fused-ring (bicyclic) bond motifs is 1. The SMILES string of the molecule is COc1cc(/C=C(\C#N)C(=O)Nc2ccc(NC(C)=O)cc2)cc2c1OCO2. The van der Waals surface area contributed by atoms with Crippen LogP contribution in [0.2, 0.25) is 0 Å². The van der Waals surface area contributed by atoms with Gasteiger partial charge in [0.1, 0.15) is 11.6 Å². The largest absolute Gasteiger partial charge is 0.493 e. The lowest BCUT2D eigenvalue weighted by Crippen LogP contribution is -2.13. The molecule has 1 aliphatic heterocycles. The molecule has 0 saturated carbocycles. The first-order valence-corrected chi connectivity index (χ1v) is 8.28. The zero-order valence-corrected chi connectivity index (χ0v) is 15.2. The van der Waals surface area contributed by atoms with E-state index in [1.807, 2.05) is 6.07 Å². The van der Waals surface area contributed by atoms with Gasteiger partial charge in [0.15, 0.2) is 11.5 Å². The van der Waals surface area contributed by atoms with E-state index in [0.29, 0.717) is 34.2 Å². The second-order valence-corrected chi connectivity index (χ2v) is 5.84. The van der Waals surface area contributed by atoms with Crippen LogP contribution in [0.25, 0.3) is 6.08 Å². The topological polar surface area (TPSA) is 110 Å². The Morgan fingerprint density at radius 1 is 1.14 bits per heavy atom. The van der Waals surface area contributed by atoms with Crippen LogP contribution >= 0.6 is 0 Å². The van der Waals surface area contributed by atoms with E-state index in [2.05, 4.69) is 10.6 Å². The van der Waals surface area contributed by atoms with Gasteiger partial charge in [-0.1, -0.05) is 0 Å². The van der Waals surface area contributed by atoms with Crippen molar-refractivity contribution in [2.45, 2.75) is 6.92 Å². The number of rotatable bonds is 5. The van der Waals surface area contributed by atoms with Gasteiger partial charge in [-0.05, 0) is 48.0 Å². The number of hydrogen-bond acceptors (Lipinski definition) is 6. The molecule has 8 heteroatoms. The Morgan fingerprint density at radius 3 is 2.43 bits per heavy atom. The van der Waals surface area contributed by atoms with Crippen molar-refractivity contribution < 1.29 is 23.8 Å². The van der Waals surface area contributed by atoms with Crippen LogP contribution < -0.4 is 24.8 Å². The molecule has 1 heterocycles. The fourth-order valence-corrected chi connectivity index (χ4v) is 2.59. The van der Waals surface area contributed by atoms with Gasteiger partial charge < -0.3 is 24.8 Å². The summed E-state index contributed by atoms with van der Waals surface area (Å²) >= 11 is 0. The molecule has 2 aromatic carbocycles. The third kappa shape index (κ3) is 4.22. The molecule has 2 amide bonds. The molecule has 28 heavy (non-hydrogen) atoms. The van der Waals surface area contributed by atoms with Crippen LogP contribution in [0.4, 0.5) is 11.4 Å². The minimum absolute atomic E-state index is 0.0823. The highest BCUT2D eigenvalue weighted by Gasteiger charge is 2.20. The molecule has 0 fully saturated rings. The normalized spacial score (nSPS) is 12.1. The summed E-state index contributed by atoms with van der Waals surface area (Å²) in [6.07, 6.45) is 1.44. The van der Waals surface area contributed by atoms with Crippen molar-refractivity contribution in [3.8, 4) is 23.3 Å². The van der Waals surface area contributed by atoms with Crippen molar-refractivity contribution in [1.29, 1.82) is 5.26 Å². The highest BCUT2D eigenvalue weighted by molar-refractivity contribution is 6.09. The lowest BCUT2D eigenvalue weighted by atomic mass is 10.1. The maximum absolute atomic E-state index is 12.4. The summed E-state index contributed by atoms with van der Waals surface area (Å²) < 4.78 is 15.9. The van der Waals surface area contributed by atoms with Gasteiger partial charge >= 0.3 is 0 Å². The van der Waals surface area contributed by atoms with Gasteiger partial charge in [-0.2, -0.15) is 5.26 Å². The summed E-state index contributed by atoms with van der Waals surface area (Å²) in [6, 6.07) is 11.8. The number of ether oxygens (including phenoxy) is 3. The molecule has 0 aromatic heterocycles. The number of nitrogens with one attached hydrogen (secondary N) is 2. The number of carbonyl (C=O) groups is 2. The molecule has 142 valence electrons. The van der Waals surface area contributed by atoms with Gasteiger partial charge in [0, 0.05) is 18.3 Å². The molecule has 0 aliphatic carbocycles. The minimum Gasteiger partial charge on any atom is -0.493 e. The molecule has 0 unspecified atom stereocenters. The fraction of sp³-hybridized carbons (Fsp3) is 0.150. The minimum atomic E-state index is -0.564. The van der Waals surface area contributed by atoms with Crippen LogP contribution in [-0.4, -0.2) is 25.7 Å². The standard InChI is InChI=1S/C20H17N3O5/c1-12(24)22-15-3-5-16(6-4-15)23-20(25)14(10-21)7-13-8-17(26-2)19-18(9-13)27-11-28-19/h3-9H,11H2,1-2H3,(H,22,24)(H,23,25)/b14-7+. The van der Waals surface area contributed by atoms with E-state index in [-0.39, 0.29) is 18.3 Å². The van der Waals surface area contributed by atoms with Crippen LogP contribution in [0.15, 0.2) is 42.0 Å². The lowest BCUT2D eigenvalue weighted by Gasteiger charge is -2.08. The van der Waals surface area contributed by atoms with Crippen molar-refractivity contribution >= 4 is 29.3 Å². The van der Waals surface area contributed by atoms with E-state index < -0.39 is 5.91 Å². The van der Waals surface area contributed by atoms with Crippen molar-refractivity contribution in [2.24, 2.45) is 0 Å². The van der Waals surface area contributed by atoms with Crippen LogP contribution in [0.5, 0.6) is 17.2 Å². The summed E-state index contributed by atoms with van der Waals surface area (Å²) in [4.78, 5) is 23.5. The summed E-state index contributed by atoms with van der Waals surface area (Å²) in [5.41, 5.74) is 1.57. The predicted octanol–water partition coefficient (Wildman–Crippen LogP) is 2.93. The molecular weight excluding hydrogens is 362 g/mol. The first kappa shape index (κ1) is 18.8. The average Bonchev–Trinajstić information content (AvgIpc) is 3.15. The van der Waals surface area contributed by atoms with Gasteiger partial charge in [0.05, 0.1) is 7.11 Å². The van der Waals surface area contributed by atoms with Crippen molar-refractivity contribution in [3.05, 3.63) is 47.5 Å². The van der Waals surface area contributed by atoms with E-state index in [0.717, 1.165) is 0 Å². The number of anilines is 2. The zero-order chi connectivity index (χ0) is 20.1. The molecule has 0 saturated heterocycles. The molecule has 0 radical (unpaired) electrons. The smallest absolute Gasteiger partial charge is 0.266 e. The Bertz CT molecular complexity index is 990. The third-order valence-corrected chi connectivity index (χ3v) is 3.82. The summed E-state index contributed by atoms with van der Waals surface area (Å²) in [6.45, 7) is 1.49. The fourth-order valence-electron chi connectivity index (χ4n) is 2.59. The van der Waals surface area contributed by atoms with E-state index in [1.165, 1.54) is 20.1 Å². The lowest BCUT2D eigenvalue weighted by molar-refractivity contribution is -0.114. The maximum atomic E-state index is 12.4. The molecule has 0 spiro atoms. The van der Waals surface area contributed by atoms with Gasteiger partial charge in [-0.3, -0.25) is 9.59 Å². The molecule has 3 rings (SSSR count). The number of benzene rings is 2. The van der Waals surface area contributed by atoms with Gasteiger partial charge in [0.25, 0.3) is 5.91 Å². The Kier molecular flexibility index (Phi) is 5.46. The number of carbonyl (C=O) groups excluding carboxylic acids is 2. The first-order valence-electron chi connectivity index (χ1n) is 8.28. The Balaban J connectivity index is 1.78. The Hall–Kier alpha value is -3.99. The third-order valence-electron chi connectivity index (χ3n) is 3.82. The molecular formula is C20H17N3O5. The van der Waals surface area contributed by atoms with Gasteiger partial charge in [-0.15, -0.1) is 0 Å². The van der Waals surface area contributed by atoms with Gasteiger partial charge in [-0.25, -0.2) is 0 Å². The van der Waals surface area contributed by atoms with Crippen molar-refractivity contribution in [2.75, 3.05) is 24.5 Å². The molecule has 0 bridgehead atoms. The van der Waals surface area contributed by atoms with Crippen LogP contribution in [0.1, 0.15) is 12.5 Å². The van der Waals surface area contributed by atoms with E-state index in [1.54, 1.807) is 36.4 Å². The van der Waals surface area contributed by atoms with Crippen LogP contribution in [-0.2, 0) is 9.59 Å². The van der Waals surface area contributed by atoms with Crippen LogP contribution in [0.3, 0.4) is 0 Å². The second-order valence-electron chi connectivity index (χ2n) is 5.84. The van der Waals surface area contributed by atoms with Gasteiger partial charge in [0.2, 0.25) is 18.4 Å². The molecule has 2 aromatic rings. The number of methoxy groups -OCH3 is 1. The molecule has 2 N–H and O–H groups in total. The van der Waals surface area contributed by atoms with E-state index in [4.69, 9.17) is 14.2 Å².